The first-order chi connectivity index (χ1) is 14.0. The van der Waals surface area contributed by atoms with Crippen LogP contribution in [0.2, 0.25) is 0 Å². The first-order valence-corrected chi connectivity index (χ1v) is 9.31. The lowest BCUT2D eigenvalue weighted by Gasteiger charge is -2.32. The number of nitrogens with one attached hydrogen (secondary N) is 1. The van der Waals surface area contributed by atoms with Gasteiger partial charge in [-0.25, -0.2) is 9.78 Å². The molecule has 1 aliphatic rings. The van der Waals surface area contributed by atoms with Crippen molar-refractivity contribution in [3.63, 3.8) is 0 Å². The molecule has 0 spiro atoms. The number of alkyl carbamates (subject to hydrolysis) is 1. The number of furan rings is 1. The van der Waals surface area contributed by atoms with Crippen molar-refractivity contribution in [2.24, 2.45) is 5.92 Å². The average molecular weight is 425 g/mol. The number of hydrogen-bond donors (Lipinski definition) is 1. The predicted molar refractivity (Wildman–Crippen MR) is 101 cm³/mol. The van der Waals surface area contributed by atoms with Gasteiger partial charge >= 0.3 is 12.3 Å². The summed E-state index contributed by atoms with van der Waals surface area (Å²) in [5.41, 5.74) is -0.246. The number of nitrogens with zero attached hydrogens (tertiary/aromatic N) is 2. The maximum Gasteiger partial charge on any atom is 0.408 e. The van der Waals surface area contributed by atoms with Crippen molar-refractivity contribution in [3.8, 4) is 0 Å². The van der Waals surface area contributed by atoms with Crippen LogP contribution in [0, 0.1) is 5.92 Å². The Labute approximate surface area is 171 Å². The van der Waals surface area contributed by atoms with Gasteiger partial charge in [0.1, 0.15) is 11.4 Å². The fraction of sp³-hybridized carbons (Fsp3) is 0.450. The second kappa shape index (κ2) is 8.00. The molecule has 7 nitrogen and oxygen atoms in total. The van der Waals surface area contributed by atoms with Crippen LogP contribution in [-0.2, 0) is 16.0 Å². The van der Waals surface area contributed by atoms with Gasteiger partial charge in [-0.3, -0.25) is 9.69 Å². The van der Waals surface area contributed by atoms with Gasteiger partial charge in [0.25, 0.3) is 0 Å². The molecular weight excluding hydrogens is 403 g/mol. The van der Waals surface area contributed by atoms with Gasteiger partial charge in [-0.1, -0.05) is 6.07 Å². The lowest BCUT2D eigenvalue weighted by atomic mass is 9.92. The standard InChI is InChI=1S/C20H22F3N3O4/c1-19(2,3)30-18(28)25-15(13-7-10-29-11-13)14(20(21,22)23)17(27)26-9-6-12-5-4-8-24-16(12)26/h4-5,7-8,10-11,14-15H,6,9H2,1-3H3,(H,25,28)/t14-,15+/m0/s1. The van der Waals surface area contributed by atoms with Gasteiger partial charge < -0.3 is 14.5 Å². The number of alkyl halides is 3. The van der Waals surface area contributed by atoms with Crippen molar-refractivity contribution >= 4 is 17.8 Å². The number of halogens is 3. The third kappa shape index (κ3) is 4.74. The molecule has 0 aromatic carbocycles. The van der Waals surface area contributed by atoms with E-state index in [9.17, 15) is 22.8 Å². The molecule has 0 radical (unpaired) electrons. The quantitative estimate of drug-likeness (QED) is 0.800. The van der Waals surface area contributed by atoms with E-state index in [2.05, 4.69) is 10.3 Å². The number of hydrogen-bond acceptors (Lipinski definition) is 5. The first-order valence-electron chi connectivity index (χ1n) is 9.31. The number of carbonyl (C=O) groups excluding carboxylic acids is 2. The molecule has 2 aromatic rings. The fourth-order valence-electron chi connectivity index (χ4n) is 3.31. The van der Waals surface area contributed by atoms with Crippen LogP contribution < -0.4 is 10.2 Å². The summed E-state index contributed by atoms with van der Waals surface area (Å²) in [7, 11) is 0. The maximum atomic E-state index is 14.1. The van der Waals surface area contributed by atoms with E-state index in [1.54, 1.807) is 32.9 Å². The number of fused-ring (bicyclic) bond motifs is 1. The smallest absolute Gasteiger partial charge is 0.408 e. The van der Waals surface area contributed by atoms with Crippen LogP contribution in [-0.4, -0.2) is 35.3 Å². The molecule has 1 N–H and O–H groups in total. The zero-order valence-corrected chi connectivity index (χ0v) is 16.7. The largest absolute Gasteiger partial charge is 0.472 e. The zero-order valence-electron chi connectivity index (χ0n) is 16.7. The number of pyridine rings is 1. The van der Waals surface area contributed by atoms with Crippen LogP contribution in [0.1, 0.15) is 37.9 Å². The minimum Gasteiger partial charge on any atom is -0.472 e. The molecule has 3 heterocycles. The average Bonchev–Trinajstić information content (AvgIpc) is 3.28. The van der Waals surface area contributed by atoms with Gasteiger partial charge in [0, 0.05) is 18.3 Å². The molecule has 2 aromatic heterocycles. The van der Waals surface area contributed by atoms with E-state index in [0.717, 1.165) is 11.2 Å². The van der Waals surface area contributed by atoms with Crippen LogP contribution in [0.4, 0.5) is 23.8 Å². The Morgan fingerprint density at radius 2 is 2.00 bits per heavy atom. The van der Waals surface area contributed by atoms with Crippen molar-refractivity contribution in [1.82, 2.24) is 10.3 Å². The molecule has 1 aliphatic heterocycles. The van der Waals surface area contributed by atoms with Gasteiger partial charge in [-0.2, -0.15) is 13.2 Å². The highest BCUT2D eigenvalue weighted by molar-refractivity contribution is 5.97. The SMILES string of the molecule is CC(C)(C)OC(=O)N[C@H](c1ccoc1)[C@@H](C(=O)N1CCc2cccnc21)C(F)(F)F. The summed E-state index contributed by atoms with van der Waals surface area (Å²) in [6.45, 7) is 4.82. The van der Waals surface area contributed by atoms with Crippen molar-refractivity contribution in [2.75, 3.05) is 11.4 Å². The molecule has 0 saturated heterocycles. The summed E-state index contributed by atoms with van der Waals surface area (Å²) in [6, 6.07) is 2.90. The highest BCUT2D eigenvalue weighted by Crippen LogP contribution is 2.40. The van der Waals surface area contributed by atoms with Gasteiger partial charge in [0.05, 0.1) is 18.6 Å². The van der Waals surface area contributed by atoms with Crippen LogP contribution in [0.5, 0.6) is 0 Å². The first kappa shape index (κ1) is 21.7. The third-order valence-electron chi connectivity index (χ3n) is 4.52. The topological polar surface area (TPSA) is 84.7 Å². The van der Waals surface area contributed by atoms with Crippen LogP contribution in [0.3, 0.4) is 0 Å². The normalized spacial score (nSPS) is 16.0. The minimum atomic E-state index is -4.95. The van der Waals surface area contributed by atoms with E-state index in [4.69, 9.17) is 9.15 Å². The Morgan fingerprint density at radius 1 is 1.27 bits per heavy atom. The molecule has 0 fully saturated rings. The van der Waals surface area contributed by atoms with Crippen LogP contribution in [0.15, 0.2) is 41.3 Å². The maximum absolute atomic E-state index is 14.1. The van der Waals surface area contributed by atoms with Gasteiger partial charge in [0.2, 0.25) is 5.91 Å². The lowest BCUT2D eigenvalue weighted by molar-refractivity contribution is -0.187. The number of anilines is 1. The van der Waals surface area contributed by atoms with Crippen LogP contribution in [0.25, 0.3) is 0 Å². The zero-order chi connectivity index (χ0) is 22.1. The number of amides is 2. The number of rotatable bonds is 4. The molecule has 3 rings (SSSR count). The van der Waals surface area contributed by atoms with E-state index in [-0.39, 0.29) is 17.9 Å². The van der Waals surface area contributed by atoms with Crippen molar-refractivity contribution in [1.29, 1.82) is 0 Å². The Kier molecular flexibility index (Phi) is 5.78. The highest BCUT2D eigenvalue weighted by atomic mass is 19.4. The highest BCUT2D eigenvalue weighted by Gasteiger charge is 2.53. The van der Waals surface area contributed by atoms with Crippen molar-refractivity contribution in [2.45, 2.75) is 45.0 Å². The van der Waals surface area contributed by atoms with Crippen molar-refractivity contribution < 1.29 is 31.9 Å². The predicted octanol–water partition coefficient (Wildman–Crippen LogP) is 4.01. The van der Waals surface area contributed by atoms with Crippen molar-refractivity contribution in [3.05, 3.63) is 48.0 Å². The summed E-state index contributed by atoms with van der Waals surface area (Å²) in [5, 5.41) is 2.20. The van der Waals surface area contributed by atoms with Gasteiger partial charge in [-0.15, -0.1) is 0 Å². The van der Waals surface area contributed by atoms with Crippen LogP contribution >= 0.6 is 0 Å². The lowest BCUT2D eigenvalue weighted by Crippen LogP contribution is -2.50. The number of aromatic nitrogens is 1. The molecule has 0 saturated carbocycles. The molecular formula is C20H22F3N3O4. The Morgan fingerprint density at radius 3 is 2.60 bits per heavy atom. The second-order valence-electron chi connectivity index (χ2n) is 7.93. The summed E-state index contributed by atoms with van der Waals surface area (Å²) >= 11 is 0. The van der Waals surface area contributed by atoms with Gasteiger partial charge in [-0.05, 0) is 44.9 Å². The molecule has 10 heteroatoms. The summed E-state index contributed by atoms with van der Waals surface area (Å²) in [4.78, 5) is 30.4. The summed E-state index contributed by atoms with van der Waals surface area (Å²) in [6.07, 6.45) is -1.98. The molecule has 162 valence electrons. The van der Waals surface area contributed by atoms with E-state index in [1.807, 2.05) is 0 Å². The number of carbonyl (C=O) groups is 2. The molecule has 30 heavy (non-hydrogen) atoms. The van der Waals surface area contributed by atoms with E-state index in [0.29, 0.717) is 12.0 Å². The molecule has 0 aliphatic carbocycles. The molecule has 0 unspecified atom stereocenters. The molecule has 2 atom stereocenters. The number of ether oxygens (including phenoxy) is 1. The summed E-state index contributed by atoms with van der Waals surface area (Å²) in [5.74, 6) is -3.57. The Bertz CT molecular complexity index is 907. The third-order valence-corrected chi connectivity index (χ3v) is 4.52. The molecule has 0 bridgehead atoms. The van der Waals surface area contributed by atoms with E-state index in [1.165, 1.54) is 18.5 Å². The molecule has 2 amide bonds. The second-order valence-corrected chi connectivity index (χ2v) is 7.93. The van der Waals surface area contributed by atoms with E-state index >= 15 is 0 Å². The van der Waals surface area contributed by atoms with E-state index < -0.39 is 35.7 Å². The fourth-order valence-corrected chi connectivity index (χ4v) is 3.31. The summed E-state index contributed by atoms with van der Waals surface area (Å²) < 4.78 is 52.4. The Hall–Kier alpha value is -3.04. The minimum absolute atomic E-state index is 0.00280. The van der Waals surface area contributed by atoms with Gasteiger partial charge in [0.15, 0.2) is 5.92 Å². The monoisotopic (exact) mass is 425 g/mol. The Balaban J connectivity index is 1.96.